The smallest absolute Gasteiger partial charge is 0.223 e. The van der Waals surface area contributed by atoms with E-state index in [1.54, 1.807) is 0 Å². The Morgan fingerprint density at radius 1 is 1.18 bits per heavy atom. The lowest BCUT2D eigenvalue weighted by Crippen LogP contribution is -2.36. The van der Waals surface area contributed by atoms with Gasteiger partial charge in [0.15, 0.2) is 0 Å². The third kappa shape index (κ3) is 3.73. The maximum Gasteiger partial charge on any atom is 0.223 e. The molecule has 1 aliphatic heterocycles. The molecule has 0 fully saturated rings. The quantitative estimate of drug-likeness (QED) is 0.491. The average Bonchev–Trinajstić information content (AvgIpc) is 3.53. The van der Waals surface area contributed by atoms with Crippen molar-refractivity contribution in [1.82, 2.24) is 34.8 Å². The van der Waals surface area contributed by atoms with E-state index in [0.717, 1.165) is 47.4 Å². The second kappa shape index (κ2) is 7.99. The first kappa shape index (κ1) is 19.9. The minimum absolute atomic E-state index is 0.142. The van der Waals surface area contributed by atoms with Gasteiger partial charge in [-0.05, 0) is 36.5 Å². The number of H-pyrrole nitrogens is 1. The Hall–Kier alpha value is -3.75. The molecule has 2 aliphatic rings. The first-order chi connectivity index (χ1) is 16.1. The highest BCUT2D eigenvalue weighted by Crippen LogP contribution is 2.25. The van der Waals surface area contributed by atoms with Crippen LogP contribution in [0.4, 0.5) is 5.95 Å². The van der Waals surface area contributed by atoms with Crippen molar-refractivity contribution in [2.24, 2.45) is 7.05 Å². The zero-order valence-corrected chi connectivity index (χ0v) is 18.6. The molecule has 0 radical (unpaired) electrons. The van der Waals surface area contributed by atoms with Crippen LogP contribution in [0.1, 0.15) is 34.6 Å². The lowest BCUT2D eigenvalue weighted by molar-refractivity contribution is -0.132. The number of aromatic nitrogens is 6. The number of nitrogens with one attached hydrogen (secondary N) is 2. The molecule has 6 rings (SSSR count). The fourth-order valence-electron chi connectivity index (χ4n) is 5.02. The summed E-state index contributed by atoms with van der Waals surface area (Å²) in [6.07, 6.45) is 5.72. The van der Waals surface area contributed by atoms with E-state index in [1.165, 1.54) is 11.1 Å². The number of carbonyl (C=O) groups is 1. The largest absolute Gasteiger partial charge is 0.351 e. The lowest BCUT2D eigenvalue weighted by Gasteiger charge is -2.25. The average molecular weight is 443 g/mol. The molecular formula is C24H26N8O. The number of benzene rings is 1. The predicted molar refractivity (Wildman–Crippen MR) is 124 cm³/mol. The van der Waals surface area contributed by atoms with Crippen LogP contribution in [0.3, 0.4) is 0 Å². The molecule has 2 N–H and O–H groups in total. The van der Waals surface area contributed by atoms with Crippen molar-refractivity contribution >= 4 is 22.9 Å². The van der Waals surface area contributed by atoms with E-state index in [0.29, 0.717) is 37.9 Å². The van der Waals surface area contributed by atoms with Crippen LogP contribution in [0.5, 0.6) is 0 Å². The van der Waals surface area contributed by atoms with Gasteiger partial charge in [-0.1, -0.05) is 24.3 Å². The van der Waals surface area contributed by atoms with E-state index in [1.807, 2.05) is 18.1 Å². The number of hydrogen-bond acceptors (Lipinski definition) is 6. The molecule has 0 unspecified atom stereocenters. The van der Waals surface area contributed by atoms with Crippen molar-refractivity contribution < 1.29 is 4.79 Å². The highest BCUT2D eigenvalue weighted by Gasteiger charge is 2.24. The molecule has 33 heavy (non-hydrogen) atoms. The summed E-state index contributed by atoms with van der Waals surface area (Å²) < 4.78 is 2.09. The Morgan fingerprint density at radius 2 is 1.97 bits per heavy atom. The van der Waals surface area contributed by atoms with Gasteiger partial charge in [-0.3, -0.25) is 4.79 Å². The molecular weight excluding hydrogens is 416 g/mol. The maximum absolute atomic E-state index is 12.8. The SMILES string of the molecule is Cn1c(CCC(=O)N2CCc3n[nH]nc3C2)cc2nc(NC3Cc4ccccc4C3)ncc21. The van der Waals surface area contributed by atoms with E-state index >= 15 is 0 Å². The summed E-state index contributed by atoms with van der Waals surface area (Å²) in [5.74, 6) is 0.799. The maximum atomic E-state index is 12.8. The second-order valence-corrected chi connectivity index (χ2v) is 8.96. The third-order valence-electron chi connectivity index (χ3n) is 6.89. The van der Waals surface area contributed by atoms with Crippen molar-refractivity contribution in [2.45, 2.75) is 44.7 Å². The van der Waals surface area contributed by atoms with Gasteiger partial charge in [0, 0.05) is 38.2 Å². The van der Waals surface area contributed by atoms with Gasteiger partial charge in [0.2, 0.25) is 11.9 Å². The van der Waals surface area contributed by atoms with Gasteiger partial charge in [0.25, 0.3) is 0 Å². The Labute approximate surface area is 191 Å². The van der Waals surface area contributed by atoms with Crippen molar-refractivity contribution in [3.8, 4) is 0 Å². The number of hydrogen-bond donors (Lipinski definition) is 2. The molecule has 0 saturated carbocycles. The number of anilines is 1. The molecule has 4 heterocycles. The molecule has 9 heteroatoms. The minimum Gasteiger partial charge on any atom is -0.351 e. The van der Waals surface area contributed by atoms with Gasteiger partial charge in [-0.2, -0.15) is 15.4 Å². The predicted octanol–water partition coefficient (Wildman–Crippen LogP) is 2.18. The summed E-state index contributed by atoms with van der Waals surface area (Å²) in [5.41, 5.74) is 7.60. The number of amides is 1. The zero-order valence-electron chi connectivity index (χ0n) is 18.6. The van der Waals surface area contributed by atoms with Crippen LogP contribution in [0.15, 0.2) is 36.5 Å². The number of aromatic amines is 1. The van der Waals surface area contributed by atoms with Gasteiger partial charge in [-0.25, -0.2) is 9.97 Å². The molecule has 1 aliphatic carbocycles. The van der Waals surface area contributed by atoms with E-state index < -0.39 is 0 Å². The number of nitrogens with zero attached hydrogens (tertiary/aromatic N) is 6. The van der Waals surface area contributed by atoms with Crippen LogP contribution in [0.25, 0.3) is 11.0 Å². The molecule has 3 aromatic heterocycles. The Balaban J connectivity index is 1.12. The molecule has 0 saturated heterocycles. The van der Waals surface area contributed by atoms with Crippen molar-refractivity contribution in [3.63, 3.8) is 0 Å². The van der Waals surface area contributed by atoms with Crippen LogP contribution in [-0.4, -0.2) is 53.3 Å². The third-order valence-corrected chi connectivity index (χ3v) is 6.89. The summed E-state index contributed by atoms with van der Waals surface area (Å²) in [4.78, 5) is 24.0. The fraction of sp³-hybridized carbons (Fsp3) is 0.375. The van der Waals surface area contributed by atoms with Crippen LogP contribution in [0, 0.1) is 0 Å². The van der Waals surface area contributed by atoms with Crippen molar-refractivity contribution in [2.75, 3.05) is 11.9 Å². The van der Waals surface area contributed by atoms with Gasteiger partial charge in [-0.15, -0.1) is 0 Å². The highest BCUT2D eigenvalue weighted by molar-refractivity contribution is 5.79. The van der Waals surface area contributed by atoms with E-state index in [-0.39, 0.29) is 5.91 Å². The monoisotopic (exact) mass is 442 g/mol. The van der Waals surface area contributed by atoms with Gasteiger partial charge in [0.05, 0.1) is 29.5 Å². The van der Waals surface area contributed by atoms with Crippen LogP contribution in [-0.2, 0) is 44.1 Å². The van der Waals surface area contributed by atoms with Crippen LogP contribution < -0.4 is 5.32 Å². The van der Waals surface area contributed by atoms with Gasteiger partial charge in [0.1, 0.15) is 5.69 Å². The summed E-state index contributed by atoms with van der Waals surface area (Å²) >= 11 is 0. The summed E-state index contributed by atoms with van der Waals surface area (Å²) in [6.45, 7) is 1.23. The molecule has 0 spiro atoms. The van der Waals surface area contributed by atoms with E-state index in [9.17, 15) is 4.79 Å². The standard InChI is InChI=1S/C24H26N8O/c1-31-18(6-7-23(33)32-9-8-19-21(14-32)29-30-28-19)12-20-22(31)13-25-24(27-20)26-17-10-15-4-2-3-5-16(15)11-17/h2-5,12-13,17H,6-11,14H2,1H3,(H,25,26,27)(H,28,29,30). The normalized spacial score (nSPS) is 15.6. The Morgan fingerprint density at radius 3 is 2.79 bits per heavy atom. The second-order valence-electron chi connectivity index (χ2n) is 8.96. The molecule has 168 valence electrons. The van der Waals surface area contributed by atoms with Gasteiger partial charge >= 0.3 is 0 Å². The summed E-state index contributed by atoms with van der Waals surface area (Å²) in [7, 11) is 2.01. The van der Waals surface area contributed by atoms with Crippen molar-refractivity contribution in [1.29, 1.82) is 0 Å². The summed E-state index contributed by atoms with van der Waals surface area (Å²) in [6, 6.07) is 11.0. The first-order valence-electron chi connectivity index (χ1n) is 11.4. The van der Waals surface area contributed by atoms with Gasteiger partial charge < -0.3 is 14.8 Å². The zero-order chi connectivity index (χ0) is 22.4. The number of aryl methyl sites for hydroxylation is 2. The van der Waals surface area contributed by atoms with E-state index in [4.69, 9.17) is 4.98 Å². The lowest BCUT2D eigenvalue weighted by atomic mass is 10.1. The fourth-order valence-corrected chi connectivity index (χ4v) is 5.02. The molecule has 0 bridgehead atoms. The summed E-state index contributed by atoms with van der Waals surface area (Å²) in [5, 5.41) is 14.4. The molecule has 1 aromatic carbocycles. The first-order valence-corrected chi connectivity index (χ1v) is 11.4. The van der Waals surface area contributed by atoms with Crippen LogP contribution >= 0.6 is 0 Å². The molecule has 0 atom stereocenters. The minimum atomic E-state index is 0.142. The number of rotatable bonds is 5. The number of carbonyl (C=O) groups excluding carboxylic acids is 1. The topological polar surface area (TPSA) is 105 Å². The number of fused-ring (bicyclic) bond motifs is 3. The molecule has 1 amide bonds. The molecule has 4 aromatic rings. The van der Waals surface area contributed by atoms with Crippen molar-refractivity contribution in [3.05, 3.63) is 64.7 Å². The Kier molecular flexibility index (Phi) is 4.82. The van der Waals surface area contributed by atoms with E-state index in [2.05, 4.69) is 60.6 Å². The molecule has 9 nitrogen and oxygen atoms in total. The highest BCUT2D eigenvalue weighted by atomic mass is 16.2. The Bertz CT molecular complexity index is 1310. The van der Waals surface area contributed by atoms with Crippen LogP contribution in [0.2, 0.25) is 0 Å².